The van der Waals surface area contributed by atoms with Crippen LogP contribution < -0.4 is 0 Å². The van der Waals surface area contributed by atoms with Crippen molar-refractivity contribution in [3.05, 3.63) is 0 Å². The fourth-order valence-electron chi connectivity index (χ4n) is 7.03. The fourth-order valence-corrected chi connectivity index (χ4v) is 7.03. The molecule has 0 aromatic heterocycles. The van der Waals surface area contributed by atoms with Crippen molar-refractivity contribution in [3.8, 4) is 0 Å². The van der Waals surface area contributed by atoms with Crippen LogP contribution in [-0.2, 0) is 28.6 Å². The SMILES string of the molecule is CC(C)CCCC(C)CCOC(=O)CCCCCCCCCC(CCCCCCCCCC(=O)OCC[C@@H](C)CCCC(C)C)OC(=O)CCCN(C)C. The van der Waals surface area contributed by atoms with Gasteiger partial charge in [-0.05, 0) is 102 Å². The summed E-state index contributed by atoms with van der Waals surface area (Å²) in [5.41, 5.74) is 0. The van der Waals surface area contributed by atoms with E-state index in [1.807, 2.05) is 14.1 Å². The highest BCUT2D eigenvalue weighted by molar-refractivity contribution is 5.70. The van der Waals surface area contributed by atoms with E-state index in [2.05, 4.69) is 46.4 Å². The summed E-state index contributed by atoms with van der Waals surface area (Å²) in [6.45, 7) is 15.6. The molecule has 54 heavy (non-hydrogen) atoms. The van der Waals surface area contributed by atoms with Gasteiger partial charge in [0, 0.05) is 19.3 Å². The molecule has 0 aromatic rings. The number of hydrogen-bond donors (Lipinski definition) is 0. The Hall–Kier alpha value is -1.63. The first kappa shape index (κ1) is 52.4. The molecule has 0 amide bonds. The second-order valence-electron chi connectivity index (χ2n) is 17.9. The maximum Gasteiger partial charge on any atom is 0.306 e. The third-order valence-corrected chi connectivity index (χ3v) is 10.8. The number of unbranched alkanes of at least 4 members (excludes halogenated alkanes) is 12. The van der Waals surface area contributed by atoms with Gasteiger partial charge in [-0.25, -0.2) is 0 Å². The number of ether oxygens (including phenoxy) is 3. The predicted octanol–water partition coefficient (Wildman–Crippen LogP) is 13.1. The molecule has 0 aromatic carbocycles. The Kier molecular flexibility index (Phi) is 35.9. The lowest BCUT2D eigenvalue weighted by atomic mass is 9.98. The molecule has 3 atom stereocenters. The van der Waals surface area contributed by atoms with Crippen LogP contribution in [0.4, 0.5) is 0 Å². The molecule has 0 rings (SSSR count). The molecule has 0 fully saturated rings. The van der Waals surface area contributed by atoms with Crippen LogP contribution in [-0.4, -0.2) is 62.8 Å². The third-order valence-electron chi connectivity index (χ3n) is 10.8. The Labute approximate surface area is 335 Å². The Morgan fingerprint density at radius 3 is 1.17 bits per heavy atom. The van der Waals surface area contributed by atoms with Gasteiger partial charge in [-0.15, -0.1) is 0 Å². The highest BCUT2D eigenvalue weighted by Gasteiger charge is 2.15. The van der Waals surface area contributed by atoms with Crippen molar-refractivity contribution >= 4 is 17.9 Å². The van der Waals surface area contributed by atoms with Crippen LogP contribution in [0.15, 0.2) is 0 Å². The summed E-state index contributed by atoms with van der Waals surface area (Å²) in [5.74, 6) is 2.65. The Morgan fingerprint density at radius 1 is 0.407 bits per heavy atom. The molecule has 0 radical (unpaired) electrons. The Bertz CT molecular complexity index is 818. The van der Waals surface area contributed by atoms with Gasteiger partial charge in [0.25, 0.3) is 0 Å². The summed E-state index contributed by atoms with van der Waals surface area (Å²) in [4.78, 5) is 38.9. The molecule has 7 nitrogen and oxygen atoms in total. The van der Waals surface area contributed by atoms with Gasteiger partial charge in [-0.3, -0.25) is 14.4 Å². The molecule has 320 valence electrons. The van der Waals surface area contributed by atoms with Crippen molar-refractivity contribution in [1.82, 2.24) is 4.90 Å². The van der Waals surface area contributed by atoms with Crippen molar-refractivity contribution in [2.75, 3.05) is 33.9 Å². The molecule has 0 bridgehead atoms. The van der Waals surface area contributed by atoms with E-state index in [-0.39, 0.29) is 24.0 Å². The molecule has 2 unspecified atom stereocenters. The Morgan fingerprint density at radius 2 is 0.778 bits per heavy atom. The monoisotopic (exact) mass is 766 g/mol. The van der Waals surface area contributed by atoms with E-state index >= 15 is 0 Å². The van der Waals surface area contributed by atoms with Crippen molar-refractivity contribution in [2.24, 2.45) is 23.7 Å². The van der Waals surface area contributed by atoms with Crippen LogP contribution in [0.3, 0.4) is 0 Å². The number of carbonyl (C=O) groups excluding carboxylic acids is 3. The van der Waals surface area contributed by atoms with Gasteiger partial charge in [-0.1, -0.05) is 144 Å². The van der Waals surface area contributed by atoms with Gasteiger partial charge in [0.05, 0.1) is 13.2 Å². The Balaban J connectivity index is 4.06. The van der Waals surface area contributed by atoms with Crippen molar-refractivity contribution in [3.63, 3.8) is 0 Å². The summed E-state index contributed by atoms with van der Waals surface area (Å²) in [7, 11) is 4.07. The summed E-state index contributed by atoms with van der Waals surface area (Å²) in [6.07, 6.45) is 29.4. The maximum absolute atomic E-state index is 12.6. The summed E-state index contributed by atoms with van der Waals surface area (Å²) in [5, 5.41) is 0. The van der Waals surface area contributed by atoms with Gasteiger partial charge in [0.2, 0.25) is 0 Å². The second kappa shape index (κ2) is 37.0. The predicted molar refractivity (Wildman–Crippen MR) is 228 cm³/mol. The zero-order valence-electron chi connectivity index (χ0n) is 37.2. The van der Waals surface area contributed by atoms with E-state index in [0.717, 1.165) is 115 Å². The molecule has 0 spiro atoms. The zero-order chi connectivity index (χ0) is 40.2. The van der Waals surface area contributed by atoms with Crippen LogP contribution in [0.25, 0.3) is 0 Å². The van der Waals surface area contributed by atoms with E-state index in [1.54, 1.807) is 0 Å². The maximum atomic E-state index is 12.6. The van der Waals surface area contributed by atoms with Crippen LogP contribution in [0.1, 0.15) is 221 Å². The van der Waals surface area contributed by atoms with Gasteiger partial charge >= 0.3 is 17.9 Å². The molecule has 0 heterocycles. The van der Waals surface area contributed by atoms with Crippen molar-refractivity contribution in [1.29, 1.82) is 0 Å². The van der Waals surface area contributed by atoms with E-state index < -0.39 is 0 Å². The van der Waals surface area contributed by atoms with Crippen LogP contribution in [0.5, 0.6) is 0 Å². The van der Waals surface area contributed by atoms with Crippen LogP contribution >= 0.6 is 0 Å². The first-order valence-corrected chi connectivity index (χ1v) is 23.0. The van der Waals surface area contributed by atoms with Gasteiger partial charge < -0.3 is 19.1 Å². The minimum absolute atomic E-state index is 0.0277. The molecule has 0 saturated carbocycles. The molecule has 7 heteroatoms. The van der Waals surface area contributed by atoms with Gasteiger partial charge in [-0.2, -0.15) is 0 Å². The van der Waals surface area contributed by atoms with Crippen LogP contribution in [0.2, 0.25) is 0 Å². The number of nitrogens with zero attached hydrogens (tertiary/aromatic N) is 1. The standard InChI is InChI=1S/C47H91NO6/c1-40(2)26-23-28-42(5)35-38-52-45(49)32-21-17-13-9-11-15-19-30-44(54-47(51)34-25-37-48(7)8)31-20-16-12-10-14-18-22-33-46(50)53-39-36-43(6)29-24-27-41(3)4/h40-44H,9-39H2,1-8H3/t42-,43?,44?/m0/s1. The molecule has 0 saturated heterocycles. The van der Waals surface area contributed by atoms with E-state index in [9.17, 15) is 14.4 Å². The zero-order valence-corrected chi connectivity index (χ0v) is 37.2. The van der Waals surface area contributed by atoms with Crippen molar-refractivity contribution < 1.29 is 28.6 Å². The topological polar surface area (TPSA) is 82.1 Å². The lowest BCUT2D eigenvalue weighted by Gasteiger charge is -2.18. The number of hydrogen-bond acceptors (Lipinski definition) is 7. The fraction of sp³-hybridized carbons (Fsp3) is 0.936. The number of rotatable bonds is 39. The first-order chi connectivity index (χ1) is 25.9. The van der Waals surface area contributed by atoms with E-state index in [4.69, 9.17) is 14.2 Å². The molecular weight excluding hydrogens is 675 g/mol. The minimum atomic E-state index is -0.0498. The molecular formula is C47H91NO6. The van der Waals surface area contributed by atoms with Crippen molar-refractivity contribution in [2.45, 2.75) is 227 Å². The largest absolute Gasteiger partial charge is 0.466 e. The average Bonchev–Trinajstić information content (AvgIpc) is 3.09. The highest BCUT2D eigenvalue weighted by atomic mass is 16.5. The third kappa shape index (κ3) is 38.6. The molecule has 0 aliphatic heterocycles. The lowest BCUT2D eigenvalue weighted by molar-refractivity contribution is -0.150. The quantitative estimate of drug-likeness (QED) is 0.0350. The summed E-state index contributed by atoms with van der Waals surface area (Å²) in [6, 6.07) is 0. The number of carbonyl (C=O) groups is 3. The molecule has 0 N–H and O–H groups in total. The summed E-state index contributed by atoms with van der Waals surface area (Å²) >= 11 is 0. The highest BCUT2D eigenvalue weighted by Crippen LogP contribution is 2.20. The van der Waals surface area contributed by atoms with Crippen LogP contribution in [0, 0.1) is 23.7 Å². The normalized spacial score (nSPS) is 13.4. The molecule has 0 aliphatic rings. The first-order valence-electron chi connectivity index (χ1n) is 23.0. The summed E-state index contributed by atoms with van der Waals surface area (Å²) < 4.78 is 17.0. The minimum Gasteiger partial charge on any atom is -0.466 e. The van der Waals surface area contributed by atoms with E-state index in [0.29, 0.717) is 44.3 Å². The van der Waals surface area contributed by atoms with Gasteiger partial charge in [0.1, 0.15) is 6.10 Å². The lowest BCUT2D eigenvalue weighted by Crippen LogP contribution is -2.20. The smallest absolute Gasteiger partial charge is 0.306 e. The average molecular weight is 766 g/mol. The second-order valence-corrected chi connectivity index (χ2v) is 17.9. The van der Waals surface area contributed by atoms with Gasteiger partial charge in [0.15, 0.2) is 0 Å². The number of esters is 3. The van der Waals surface area contributed by atoms with E-state index in [1.165, 1.54) is 64.2 Å². The molecule has 0 aliphatic carbocycles.